The van der Waals surface area contributed by atoms with Crippen molar-refractivity contribution in [1.29, 1.82) is 5.26 Å². The van der Waals surface area contributed by atoms with Crippen LogP contribution in [-0.4, -0.2) is 34.6 Å². The summed E-state index contributed by atoms with van der Waals surface area (Å²) in [4.78, 5) is 48.7. The molecule has 1 aromatic carbocycles. The van der Waals surface area contributed by atoms with Crippen molar-refractivity contribution in [3.05, 3.63) is 41.1 Å². The van der Waals surface area contributed by atoms with Crippen LogP contribution in [0.1, 0.15) is 24.0 Å². The van der Waals surface area contributed by atoms with Crippen molar-refractivity contribution in [2.75, 3.05) is 5.32 Å². The fraction of sp³-hybridized carbons (Fsp3) is 0.235. The lowest BCUT2D eigenvalue weighted by molar-refractivity contribution is -0.149. The summed E-state index contributed by atoms with van der Waals surface area (Å²) in [6.45, 7) is 1.79. The third kappa shape index (κ3) is 2.99. The molecule has 2 heterocycles. The van der Waals surface area contributed by atoms with E-state index < -0.39 is 29.7 Å². The number of nitrogens with one attached hydrogen (secondary N) is 2. The standard InChI is InChI=1S/C17H14N4O4/c1-9-2-3-11(6-10(9)8-18)19-12-7-15(23)21(17(12)25)13-4-5-14(22)20-16(13)24/h2-3,6-7,13,19H,4-5H2,1H3,(H,20,22,24). The zero-order valence-electron chi connectivity index (χ0n) is 13.3. The van der Waals surface area contributed by atoms with Gasteiger partial charge in [-0.15, -0.1) is 0 Å². The van der Waals surface area contributed by atoms with Crippen molar-refractivity contribution in [2.24, 2.45) is 0 Å². The Morgan fingerprint density at radius 2 is 2.04 bits per heavy atom. The molecule has 126 valence electrons. The molecular weight excluding hydrogens is 324 g/mol. The van der Waals surface area contributed by atoms with Crippen LogP contribution in [0.25, 0.3) is 0 Å². The molecule has 25 heavy (non-hydrogen) atoms. The lowest BCUT2D eigenvalue weighted by Gasteiger charge is -2.28. The predicted molar refractivity (Wildman–Crippen MR) is 85.6 cm³/mol. The summed E-state index contributed by atoms with van der Waals surface area (Å²) >= 11 is 0. The van der Waals surface area contributed by atoms with Gasteiger partial charge in [-0.25, -0.2) is 0 Å². The van der Waals surface area contributed by atoms with E-state index in [1.807, 2.05) is 6.07 Å². The number of carbonyl (C=O) groups excluding carboxylic acids is 4. The van der Waals surface area contributed by atoms with Crippen molar-refractivity contribution in [3.8, 4) is 6.07 Å². The first-order valence-corrected chi connectivity index (χ1v) is 7.61. The molecular formula is C17H14N4O4. The van der Waals surface area contributed by atoms with Gasteiger partial charge in [0.1, 0.15) is 11.7 Å². The highest BCUT2D eigenvalue weighted by molar-refractivity contribution is 6.20. The molecule has 0 bridgehead atoms. The van der Waals surface area contributed by atoms with Gasteiger partial charge >= 0.3 is 0 Å². The molecule has 1 unspecified atom stereocenters. The normalized spacial score (nSPS) is 20.2. The Hall–Kier alpha value is -3.47. The Balaban J connectivity index is 1.79. The first-order valence-electron chi connectivity index (χ1n) is 7.61. The molecule has 0 spiro atoms. The fourth-order valence-electron chi connectivity index (χ4n) is 2.77. The number of hydrogen-bond donors (Lipinski definition) is 2. The Bertz CT molecular complexity index is 881. The molecule has 4 amide bonds. The monoisotopic (exact) mass is 338 g/mol. The number of nitrogens with zero attached hydrogens (tertiary/aromatic N) is 2. The largest absolute Gasteiger partial charge is 0.351 e. The highest BCUT2D eigenvalue weighted by atomic mass is 16.2. The number of anilines is 1. The Morgan fingerprint density at radius 1 is 1.28 bits per heavy atom. The second kappa shape index (κ2) is 6.20. The molecule has 2 aliphatic heterocycles. The molecule has 0 aromatic heterocycles. The summed E-state index contributed by atoms with van der Waals surface area (Å²) in [5.41, 5.74) is 1.74. The predicted octanol–water partition coefficient (Wildman–Crippen LogP) is 0.336. The zero-order chi connectivity index (χ0) is 18.1. The lowest BCUT2D eigenvalue weighted by atomic mass is 10.0. The van der Waals surface area contributed by atoms with Gasteiger partial charge in [-0.3, -0.25) is 29.4 Å². The average Bonchev–Trinajstić information content (AvgIpc) is 2.84. The molecule has 8 nitrogen and oxygen atoms in total. The summed E-state index contributed by atoms with van der Waals surface area (Å²) in [7, 11) is 0. The van der Waals surface area contributed by atoms with Crippen LogP contribution in [-0.2, 0) is 19.2 Å². The molecule has 0 aliphatic carbocycles. The van der Waals surface area contributed by atoms with Gasteiger partial charge in [0.2, 0.25) is 11.8 Å². The summed E-state index contributed by atoms with van der Waals surface area (Å²) in [5.74, 6) is -2.33. The molecule has 1 fully saturated rings. The van der Waals surface area contributed by atoms with Crippen LogP contribution in [0.5, 0.6) is 0 Å². The maximum absolute atomic E-state index is 12.5. The maximum Gasteiger partial charge on any atom is 0.278 e. The second-order valence-corrected chi connectivity index (χ2v) is 5.80. The van der Waals surface area contributed by atoms with Gasteiger partial charge in [0.05, 0.1) is 11.6 Å². The van der Waals surface area contributed by atoms with E-state index in [4.69, 9.17) is 5.26 Å². The van der Waals surface area contributed by atoms with Crippen LogP contribution in [0.2, 0.25) is 0 Å². The summed E-state index contributed by atoms with van der Waals surface area (Å²) in [6.07, 6.45) is 1.28. The zero-order valence-corrected chi connectivity index (χ0v) is 13.3. The first kappa shape index (κ1) is 16.4. The number of carbonyl (C=O) groups is 4. The van der Waals surface area contributed by atoms with E-state index in [0.717, 1.165) is 16.5 Å². The van der Waals surface area contributed by atoms with Crippen LogP contribution >= 0.6 is 0 Å². The third-order valence-corrected chi connectivity index (χ3v) is 4.11. The highest BCUT2D eigenvalue weighted by Crippen LogP contribution is 2.23. The van der Waals surface area contributed by atoms with E-state index in [1.54, 1.807) is 25.1 Å². The Labute approximate surface area is 143 Å². The summed E-state index contributed by atoms with van der Waals surface area (Å²) in [6, 6.07) is 6.02. The van der Waals surface area contributed by atoms with Gasteiger partial charge in [-0.05, 0) is 31.0 Å². The van der Waals surface area contributed by atoms with Crippen molar-refractivity contribution in [3.63, 3.8) is 0 Å². The van der Waals surface area contributed by atoms with E-state index in [9.17, 15) is 19.2 Å². The quantitative estimate of drug-likeness (QED) is 0.767. The van der Waals surface area contributed by atoms with Gasteiger partial charge in [0, 0.05) is 18.2 Å². The van der Waals surface area contributed by atoms with E-state index in [-0.39, 0.29) is 18.5 Å². The molecule has 1 atom stereocenters. The van der Waals surface area contributed by atoms with E-state index in [0.29, 0.717) is 11.3 Å². The third-order valence-electron chi connectivity index (χ3n) is 4.11. The summed E-state index contributed by atoms with van der Waals surface area (Å²) < 4.78 is 0. The number of imide groups is 2. The molecule has 8 heteroatoms. The van der Waals surface area contributed by atoms with Gasteiger partial charge in [0.25, 0.3) is 11.8 Å². The minimum Gasteiger partial charge on any atom is -0.351 e. The molecule has 1 aromatic rings. The van der Waals surface area contributed by atoms with Gasteiger partial charge in [-0.1, -0.05) is 6.07 Å². The minimum atomic E-state index is -0.999. The molecule has 3 rings (SSSR count). The number of amides is 4. The summed E-state index contributed by atoms with van der Waals surface area (Å²) in [5, 5.41) is 14.0. The van der Waals surface area contributed by atoms with E-state index in [2.05, 4.69) is 10.6 Å². The number of hydrogen-bond acceptors (Lipinski definition) is 6. The van der Waals surface area contributed by atoms with Crippen molar-refractivity contribution in [1.82, 2.24) is 10.2 Å². The Kier molecular flexibility index (Phi) is 4.07. The smallest absolute Gasteiger partial charge is 0.278 e. The fourth-order valence-corrected chi connectivity index (χ4v) is 2.77. The van der Waals surface area contributed by atoms with E-state index in [1.165, 1.54) is 0 Å². The molecule has 0 radical (unpaired) electrons. The molecule has 2 N–H and O–H groups in total. The molecule has 2 aliphatic rings. The van der Waals surface area contributed by atoms with Crippen molar-refractivity contribution >= 4 is 29.3 Å². The first-order chi connectivity index (χ1) is 11.9. The van der Waals surface area contributed by atoms with Gasteiger partial charge in [-0.2, -0.15) is 5.26 Å². The number of rotatable bonds is 3. The van der Waals surface area contributed by atoms with Crippen LogP contribution in [0.15, 0.2) is 30.0 Å². The van der Waals surface area contributed by atoms with Crippen LogP contribution < -0.4 is 10.6 Å². The number of aryl methyl sites for hydroxylation is 1. The average molecular weight is 338 g/mol. The SMILES string of the molecule is Cc1ccc(NC2=CC(=O)N(C3CCC(=O)NC3=O)C2=O)cc1C#N. The number of nitriles is 1. The van der Waals surface area contributed by atoms with E-state index >= 15 is 0 Å². The Morgan fingerprint density at radius 3 is 2.72 bits per heavy atom. The minimum absolute atomic E-state index is 0.0162. The van der Waals surface area contributed by atoms with Crippen LogP contribution in [0, 0.1) is 18.3 Å². The van der Waals surface area contributed by atoms with Crippen LogP contribution in [0.3, 0.4) is 0 Å². The maximum atomic E-state index is 12.5. The van der Waals surface area contributed by atoms with Gasteiger partial charge < -0.3 is 5.32 Å². The second-order valence-electron chi connectivity index (χ2n) is 5.80. The lowest BCUT2D eigenvalue weighted by Crippen LogP contribution is -2.54. The molecule has 1 saturated heterocycles. The number of piperidine rings is 1. The topological polar surface area (TPSA) is 119 Å². The molecule has 0 saturated carbocycles. The number of benzene rings is 1. The van der Waals surface area contributed by atoms with Crippen molar-refractivity contribution in [2.45, 2.75) is 25.8 Å². The van der Waals surface area contributed by atoms with Crippen molar-refractivity contribution < 1.29 is 19.2 Å². The van der Waals surface area contributed by atoms with Gasteiger partial charge in [0.15, 0.2) is 0 Å². The van der Waals surface area contributed by atoms with Crippen LogP contribution in [0.4, 0.5) is 5.69 Å². The highest BCUT2D eigenvalue weighted by Gasteiger charge is 2.42.